The summed E-state index contributed by atoms with van der Waals surface area (Å²) in [5.41, 5.74) is 0.313. The summed E-state index contributed by atoms with van der Waals surface area (Å²) in [6.07, 6.45) is 2.32. The van der Waals surface area contributed by atoms with Crippen LogP contribution in [0.25, 0.3) is 0 Å². The SMILES string of the molecule is Cc1noc(C2CCCCN2S(=O)(=O)c2cccc(C#N)c2)n1. The van der Waals surface area contributed by atoms with Gasteiger partial charge in [0.05, 0.1) is 16.5 Å². The number of hydrogen-bond donors (Lipinski definition) is 0. The number of aryl methyl sites for hydroxylation is 1. The van der Waals surface area contributed by atoms with E-state index in [2.05, 4.69) is 10.1 Å². The van der Waals surface area contributed by atoms with Gasteiger partial charge in [0.25, 0.3) is 0 Å². The minimum absolute atomic E-state index is 0.111. The lowest BCUT2D eigenvalue weighted by molar-refractivity contribution is 0.204. The summed E-state index contributed by atoms with van der Waals surface area (Å²) < 4.78 is 32.5. The number of nitriles is 1. The Bertz CT molecular complexity index is 854. The van der Waals surface area contributed by atoms with Gasteiger partial charge in [-0.2, -0.15) is 14.6 Å². The van der Waals surface area contributed by atoms with Crippen LogP contribution in [-0.2, 0) is 10.0 Å². The molecule has 2 heterocycles. The molecule has 1 aliphatic rings. The van der Waals surface area contributed by atoms with Gasteiger partial charge in [-0.05, 0) is 38.0 Å². The molecule has 7 nitrogen and oxygen atoms in total. The molecule has 2 aromatic rings. The molecule has 0 N–H and O–H groups in total. The maximum absolute atomic E-state index is 13.0. The maximum atomic E-state index is 13.0. The van der Waals surface area contributed by atoms with Gasteiger partial charge >= 0.3 is 0 Å². The monoisotopic (exact) mass is 332 g/mol. The molecule has 1 fully saturated rings. The molecule has 0 saturated carbocycles. The highest BCUT2D eigenvalue weighted by molar-refractivity contribution is 7.89. The van der Waals surface area contributed by atoms with Crippen LogP contribution in [0.4, 0.5) is 0 Å². The smallest absolute Gasteiger partial charge is 0.245 e. The predicted molar refractivity (Wildman–Crippen MR) is 80.7 cm³/mol. The molecular weight excluding hydrogens is 316 g/mol. The second kappa shape index (κ2) is 6.10. The zero-order valence-electron chi connectivity index (χ0n) is 12.6. The molecule has 1 atom stereocenters. The fourth-order valence-electron chi connectivity index (χ4n) is 2.75. The lowest BCUT2D eigenvalue weighted by atomic mass is 10.1. The Hall–Kier alpha value is -2.24. The van der Waals surface area contributed by atoms with E-state index in [1.165, 1.54) is 16.4 Å². The molecule has 3 rings (SSSR count). The number of nitrogens with zero attached hydrogens (tertiary/aromatic N) is 4. The van der Waals surface area contributed by atoms with E-state index in [4.69, 9.17) is 9.78 Å². The third kappa shape index (κ3) is 2.98. The number of aromatic nitrogens is 2. The molecule has 1 unspecified atom stereocenters. The van der Waals surface area contributed by atoms with Crippen LogP contribution in [0.15, 0.2) is 33.7 Å². The van der Waals surface area contributed by atoms with Crippen LogP contribution in [0.2, 0.25) is 0 Å². The molecule has 0 spiro atoms. The summed E-state index contributed by atoms with van der Waals surface area (Å²) in [5, 5.41) is 12.7. The standard InChI is InChI=1S/C15H16N4O3S/c1-11-17-15(22-18-11)14-7-2-3-8-19(14)23(20,21)13-6-4-5-12(9-13)10-16/h4-6,9,14H,2-3,7-8H2,1H3. The van der Waals surface area contributed by atoms with E-state index in [1.54, 1.807) is 19.1 Å². The van der Waals surface area contributed by atoms with Crippen molar-refractivity contribution in [1.29, 1.82) is 5.26 Å². The Morgan fingerprint density at radius 2 is 2.22 bits per heavy atom. The van der Waals surface area contributed by atoms with Gasteiger partial charge in [-0.15, -0.1) is 0 Å². The van der Waals surface area contributed by atoms with Gasteiger partial charge < -0.3 is 4.52 Å². The van der Waals surface area contributed by atoms with Gasteiger partial charge in [0.15, 0.2) is 5.82 Å². The summed E-state index contributed by atoms with van der Waals surface area (Å²) in [5.74, 6) is 0.802. The molecule has 120 valence electrons. The lowest BCUT2D eigenvalue weighted by Gasteiger charge is -2.32. The topological polar surface area (TPSA) is 100 Å². The Labute approximate surface area is 134 Å². The van der Waals surface area contributed by atoms with Crippen molar-refractivity contribution in [3.63, 3.8) is 0 Å². The van der Waals surface area contributed by atoms with Crippen molar-refractivity contribution in [3.05, 3.63) is 41.5 Å². The number of hydrogen-bond acceptors (Lipinski definition) is 6. The molecular formula is C15H16N4O3S. The van der Waals surface area contributed by atoms with Crippen LogP contribution in [0.5, 0.6) is 0 Å². The zero-order chi connectivity index (χ0) is 16.4. The Balaban J connectivity index is 2.00. The second-order valence-electron chi connectivity index (χ2n) is 5.45. The van der Waals surface area contributed by atoms with Crippen molar-refractivity contribution >= 4 is 10.0 Å². The first-order valence-corrected chi connectivity index (χ1v) is 8.78. The first-order chi connectivity index (χ1) is 11.0. The van der Waals surface area contributed by atoms with E-state index in [-0.39, 0.29) is 4.90 Å². The molecule has 1 saturated heterocycles. The summed E-state index contributed by atoms with van der Waals surface area (Å²) in [7, 11) is -3.73. The molecule has 8 heteroatoms. The fraction of sp³-hybridized carbons (Fsp3) is 0.400. The van der Waals surface area contributed by atoms with Crippen LogP contribution in [0, 0.1) is 18.3 Å². The van der Waals surface area contributed by atoms with Crippen LogP contribution >= 0.6 is 0 Å². The van der Waals surface area contributed by atoms with Crippen molar-refractivity contribution in [2.45, 2.75) is 37.1 Å². The molecule has 0 amide bonds. The van der Waals surface area contributed by atoms with Crippen LogP contribution in [0.1, 0.15) is 42.6 Å². The third-order valence-electron chi connectivity index (χ3n) is 3.85. The highest BCUT2D eigenvalue weighted by Crippen LogP contribution is 2.34. The second-order valence-corrected chi connectivity index (χ2v) is 7.34. The van der Waals surface area contributed by atoms with Crippen molar-refractivity contribution in [2.24, 2.45) is 0 Å². The minimum Gasteiger partial charge on any atom is -0.338 e. The number of rotatable bonds is 3. The van der Waals surface area contributed by atoms with Crippen molar-refractivity contribution in [2.75, 3.05) is 6.54 Å². The summed E-state index contributed by atoms with van der Waals surface area (Å²) >= 11 is 0. The highest BCUT2D eigenvalue weighted by atomic mass is 32.2. The van der Waals surface area contributed by atoms with Crippen molar-refractivity contribution in [3.8, 4) is 6.07 Å². The predicted octanol–water partition coefficient (Wildman–Crippen LogP) is 2.17. The van der Waals surface area contributed by atoms with E-state index in [0.717, 1.165) is 12.8 Å². The normalized spacial score (nSPS) is 19.4. The minimum atomic E-state index is -3.73. The molecule has 0 radical (unpaired) electrons. The van der Waals surface area contributed by atoms with Crippen LogP contribution < -0.4 is 0 Å². The van der Waals surface area contributed by atoms with Crippen LogP contribution in [0.3, 0.4) is 0 Å². The first-order valence-electron chi connectivity index (χ1n) is 7.34. The van der Waals surface area contributed by atoms with E-state index in [0.29, 0.717) is 30.2 Å². The Morgan fingerprint density at radius 3 is 2.91 bits per heavy atom. The van der Waals surface area contributed by atoms with E-state index >= 15 is 0 Å². The largest absolute Gasteiger partial charge is 0.338 e. The van der Waals surface area contributed by atoms with E-state index < -0.39 is 16.1 Å². The highest BCUT2D eigenvalue weighted by Gasteiger charge is 2.37. The average molecular weight is 332 g/mol. The molecule has 1 aliphatic heterocycles. The average Bonchev–Trinajstić information content (AvgIpc) is 3.01. The van der Waals surface area contributed by atoms with E-state index in [1.807, 2.05) is 6.07 Å². The van der Waals surface area contributed by atoms with Gasteiger partial charge in [0.2, 0.25) is 15.9 Å². The summed E-state index contributed by atoms with van der Waals surface area (Å²) in [4.78, 5) is 4.30. The van der Waals surface area contributed by atoms with Gasteiger partial charge in [0, 0.05) is 6.54 Å². The van der Waals surface area contributed by atoms with Gasteiger partial charge in [-0.1, -0.05) is 17.6 Å². The van der Waals surface area contributed by atoms with Gasteiger partial charge in [0.1, 0.15) is 6.04 Å². The van der Waals surface area contributed by atoms with Gasteiger partial charge in [-0.25, -0.2) is 8.42 Å². The van der Waals surface area contributed by atoms with Crippen molar-refractivity contribution in [1.82, 2.24) is 14.4 Å². The van der Waals surface area contributed by atoms with E-state index in [9.17, 15) is 8.42 Å². The number of piperidine rings is 1. The Morgan fingerprint density at radius 1 is 1.39 bits per heavy atom. The molecule has 0 aliphatic carbocycles. The number of benzene rings is 1. The molecule has 23 heavy (non-hydrogen) atoms. The summed E-state index contributed by atoms with van der Waals surface area (Å²) in [6.45, 7) is 2.09. The maximum Gasteiger partial charge on any atom is 0.245 e. The molecule has 0 bridgehead atoms. The fourth-order valence-corrected chi connectivity index (χ4v) is 4.45. The first kappa shape index (κ1) is 15.6. The number of sulfonamides is 1. The third-order valence-corrected chi connectivity index (χ3v) is 5.76. The van der Waals surface area contributed by atoms with Crippen LogP contribution in [-0.4, -0.2) is 29.4 Å². The lowest BCUT2D eigenvalue weighted by Crippen LogP contribution is -2.38. The molecule has 1 aromatic heterocycles. The van der Waals surface area contributed by atoms with Gasteiger partial charge in [-0.3, -0.25) is 0 Å². The summed E-state index contributed by atoms with van der Waals surface area (Å²) in [6, 6.07) is 7.55. The molecule has 1 aromatic carbocycles. The Kier molecular flexibility index (Phi) is 4.15. The quantitative estimate of drug-likeness (QED) is 0.854. The van der Waals surface area contributed by atoms with Crippen molar-refractivity contribution < 1.29 is 12.9 Å². The zero-order valence-corrected chi connectivity index (χ0v) is 13.5.